The van der Waals surface area contributed by atoms with E-state index in [4.69, 9.17) is 4.74 Å². The zero-order valence-corrected chi connectivity index (χ0v) is 21.7. The van der Waals surface area contributed by atoms with Gasteiger partial charge in [-0.05, 0) is 43.2 Å². The second-order valence-electron chi connectivity index (χ2n) is 10.0. The lowest BCUT2D eigenvalue weighted by molar-refractivity contribution is 0.156. The van der Waals surface area contributed by atoms with Crippen LogP contribution >= 0.6 is 0 Å². The molecule has 0 unspecified atom stereocenters. The molecule has 0 radical (unpaired) electrons. The fraction of sp³-hybridized carbons (Fsp3) is 0.345. The first-order valence-corrected chi connectivity index (χ1v) is 13.2. The third kappa shape index (κ3) is 4.92. The smallest absolute Gasteiger partial charge is 0.202 e. The van der Waals surface area contributed by atoms with Gasteiger partial charge in [-0.25, -0.2) is 9.37 Å². The molecule has 1 fully saturated rings. The number of benzene rings is 1. The zero-order valence-electron chi connectivity index (χ0n) is 21.7. The van der Waals surface area contributed by atoms with Crippen LogP contribution in [-0.2, 0) is 19.6 Å². The minimum Gasteiger partial charge on any atom is -0.486 e. The molecule has 4 aromatic rings. The van der Waals surface area contributed by atoms with E-state index in [1.54, 1.807) is 12.4 Å². The van der Waals surface area contributed by atoms with Gasteiger partial charge in [-0.1, -0.05) is 6.07 Å². The lowest BCUT2D eigenvalue weighted by Crippen LogP contribution is -2.48. The van der Waals surface area contributed by atoms with Gasteiger partial charge in [-0.2, -0.15) is 4.39 Å². The summed E-state index contributed by atoms with van der Waals surface area (Å²) in [5.74, 6) is -1.51. The average molecular weight is 533 g/mol. The highest BCUT2D eigenvalue weighted by Gasteiger charge is 2.29. The molecule has 3 aromatic heterocycles. The van der Waals surface area contributed by atoms with Crippen molar-refractivity contribution < 1.29 is 13.5 Å². The van der Waals surface area contributed by atoms with Crippen LogP contribution in [0.1, 0.15) is 24.1 Å². The van der Waals surface area contributed by atoms with Crippen LogP contribution in [0.4, 0.5) is 20.3 Å². The number of hydrogen-bond acceptors (Lipinski definition) is 7. The number of pyridine rings is 3. The molecule has 2 aliphatic heterocycles. The van der Waals surface area contributed by atoms with E-state index >= 15 is 0 Å². The van der Waals surface area contributed by atoms with Crippen LogP contribution in [0.2, 0.25) is 0 Å². The molecule has 5 heterocycles. The molecule has 1 atom stereocenters. The Morgan fingerprint density at radius 3 is 2.82 bits per heavy atom. The van der Waals surface area contributed by atoms with Crippen molar-refractivity contribution in [2.75, 3.05) is 37.0 Å². The fourth-order valence-electron chi connectivity index (χ4n) is 5.64. The average Bonchev–Trinajstić information content (AvgIpc) is 2.98. The van der Waals surface area contributed by atoms with Crippen LogP contribution in [0.5, 0.6) is 5.75 Å². The van der Waals surface area contributed by atoms with Crippen LogP contribution in [-0.4, -0.2) is 52.2 Å². The van der Waals surface area contributed by atoms with Crippen molar-refractivity contribution >= 4 is 22.4 Å². The summed E-state index contributed by atoms with van der Waals surface area (Å²) in [6.07, 6.45) is 7.38. The van der Waals surface area contributed by atoms with Crippen molar-refractivity contribution in [3.63, 3.8) is 0 Å². The molecule has 39 heavy (non-hydrogen) atoms. The zero-order chi connectivity index (χ0) is 26.9. The lowest BCUT2D eigenvalue weighted by Gasteiger charge is -2.40. The van der Waals surface area contributed by atoms with Crippen LogP contribution in [0.25, 0.3) is 10.9 Å². The second-order valence-corrected chi connectivity index (χ2v) is 10.0. The number of rotatable bonds is 7. The number of ether oxygens (including phenoxy) is 1. The van der Waals surface area contributed by atoms with E-state index in [1.165, 1.54) is 0 Å². The van der Waals surface area contributed by atoms with E-state index in [9.17, 15) is 13.6 Å². The lowest BCUT2D eigenvalue weighted by atomic mass is 10.0. The first-order valence-electron chi connectivity index (χ1n) is 13.2. The minimum absolute atomic E-state index is 0.139. The number of nitrogens with zero attached hydrogens (tertiary/aromatic N) is 5. The molecule has 0 aliphatic carbocycles. The highest BCUT2D eigenvalue weighted by molar-refractivity contribution is 5.86. The number of piperidine rings is 1. The molecule has 6 rings (SSSR count). The van der Waals surface area contributed by atoms with Crippen molar-refractivity contribution in [1.82, 2.24) is 19.4 Å². The number of nitrogens with one attached hydrogen (secondary N) is 1. The molecule has 8 nitrogen and oxygen atoms in total. The van der Waals surface area contributed by atoms with E-state index in [0.717, 1.165) is 49.2 Å². The standard InChI is InChI=1S/C29H30F2N6O2/c1-32-25-8-7-21(14-34-25)35-10-4-6-22(18-35)37(17-20-5-2-3-9-33-20)16-19-15-36-11-12-39-29-26(31)24(30)13-23(27(29)36)28(19)38/h2-3,5,7-9,13-15,22H,4,6,10-12,16-18H2,1H3,(H,32,34)/t22-/m0/s1. The predicted octanol–water partition coefficient (Wildman–Crippen LogP) is 4.18. The van der Waals surface area contributed by atoms with E-state index in [2.05, 4.69) is 31.2 Å². The molecular weight excluding hydrogens is 502 g/mol. The van der Waals surface area contributed by atoms with Gasteiger partial charge in [0, 0.05) is 57.2 Å². The van der Waals surface area contributed by atoms with Gasteiger partial charge in [0.15, 0.2) is 17.0 Å². The van der Waals surface area contributed by atoms with E-state index in [0.29, 0.717) is 30.7 Å². The topological polar surface area (TPSA) is 75.5 Å². The Balaban J connectivity index is 1.35. The van der Waals surface area contributed by atoms with Crippen LogP contribution < -0.4 is 20.4 Å². The number of hydrogen-bond donors (Lipinski definition) is 1. The minimum atomic E-state index is -1.08. The van der Waals surface area contributed by atoms with Crippen molar-refractivity contribution in [2.45, 2.75) is 38.5 Å². The second kappa shape index (κ2) is 10.6. The molecular formula is C29H30F2N6O2. The summed E-state index contributed by atoms with van der Waals surface area (Å²) in [5, 5.41) is 3.19. The van der Waals surface area contributed by atoms with Crippen molar-refractivity contribution in [1.29, 1.82) is 0 Å². The summed E-state index contributed by atoms with van der Waals surface area (Å²) in [6.45, 7) is 3.27. The van der Waals surface area contributed by atoms with Crippen LogP contribution in [0.15, 0.2) is 59.8 Å². The summed E-state index contributed by atoms with van der Waals surface area (Å²) in [6, 6.07) is 11.0. The first kappa shape index (κ1) is 25.2. The maximum atomic E-state index is 14.4. The monoisotopic (exact) mass is 532 g/mol. The maximum absolute atomic E-state index is 14.4. The van der Waals surface area contributed by atoms with E-state index < -0.39 is 11.6 Å². The van der Waals surface area contributed by atoms with Crippen molar-refractivity contribution in [3.05, 3.63) is 88.1 Å². The van der Waals surface area contributed by atoms with Gasteiger partial charge in [0.2, 0.25) is 5.82 Å². The normalized spacial score (nSPS) is 16.9. The van der Waals surface area contributed by atoms with E-state index in [-0.39, 0.29) is 29.2 Å². The molecule has 202 valence electrons. The van der Waals surface area contributed by atoms with Gasteiger partial charge in [0.25, 0.3) is 0 Å². The Hall–Kier alpha value is -4.05. The van der Waals surface area contributed by atoms with Crippen LogP contribution in [0, 0.1) is 11.6 Å². The highest BCUT2D eigenvalue weighted by atomic mass is 19.2. The molecule has 1 saturated heterocycles. The molecule has 1 aromatic carbocycles. The summed E-state index contributed by atoms with van der Waals surface area (Å²) >= 11 is 0. The molecule has 0 bridgehead atoms. The fourth-order valence-corrected chi connectivity index (χ4v) is 5.64. The van der Waals surface area contributed by atoms with Gasteiger partial charge in [0.1, 0.15) is 12.4 Å². The summed E-state index contributed by atoms with van der Waals surface area (Å²) < 4.78 is 36.1. The Labute approximate surface area is 224 Å². The number of halogens is 2. The summed E-state index contributed by atoms with van der Waals surface area (Å²) in [7, 11) is 1.84. The Kier molecular flexibility index (Phi) is 6.86. The summed E-state index contributed by atoms with van der Waals surface area (Å²) in [5.41, 5.74) is 2.50. The predicted molar refractivity (Wildman–Crippen MR) is 146 cm³/mol. The largest absolute Gasteiger partial charge is 0.486 e. The number of anilines is 2. The molecule has 10 heteroatoms. The Morgan fingerprint density at radius 1 is 1.15 bits per heavy atom. The third-order valence-electron chi connectivity index (χ3n) is 7.61. The van der Waals surface area contributed by atoms with Crippen molar-refractivity contribution in [2.24, 2.45) is 0 Å². The maximum Gasteiger partial charge on any atom is 0.202 e. The quantitative estimate of drug-likeness (QED) is 0.383. The van der Waals surface area contributed by atoms with Gasteiger partial charge in [-0.15, -0.1) is 0 Å². The molecule has 0 spiro atoms. The van der Waals surface area contributed by atoms with Gasteiger partial charge in [0.05, 0.1) is 35.0 Å². The SMILES string of the molecule is CNc1ccc(N2CCC[C@H](N(Cc3ccccn3)Cc3cn4c5c(c(F)c(F)cc5c3=O)OCC4)C2)cn1. The Bertz CT molecular complexity index is 1540. The van der Waals surface area contributed by atoms with Gasteiger partial charge < -0.3 is 19.5 Å². The van der Waals surface area contributed by atoms with Gasteiger partial charge >= 0.3 is 0 Å². The third-order valence-corrected chi connectivity index (χ3v) is 7.61. The summed E-state index contributed by atoms with van der Waals surface area (Å²) in [4.78, 5) is 27.2. The molecule has 1 N–H and O–H groups in total. The molecule has 0 saturated carbocycles. The van der Waals surface area contributed by atoms with Crippen LogP contribution in [0.3, 0.4) is 0 Å². The first-order chi connectivity index (χ1) is 19.0. The molecule has 0 amide bonds. The van der Waals surface area contributed by atoms with Gasteiger partial charge in [-0.3, -0.25) is 14.7 Å². The Morgan fingerprint density at radius 2 is 2.05 bits per heavy atom. The van der Waals surface area contributed by atoms with E-state index in [1.807, 2.05) is 42.1 Å². The van der Waals surface area contributed by atoms with Crippen molar-refractivity contribution in [3.8, 4) is 5.75 Å². The highest BCUT2D eigenvalue weighted by Crippen LogP contribution is 2.33. The molecule has 2 aliphatic rings. The number of aromatic nitrogens is 3.